The van der Waals surface area contributed by atoms with Gasteiger partial charge in [0.2, 0.25) is 0 Å². The number of nitrogens with one attached hydrogen (secondary N) is 1. The molecule has 0 amide bonds. The summed E-state index contributed by atoms with van der Waals surface area (Å²) in [6.45, 7) is 6.67. The van der Waals surface area contributed by atoms with Gasteiger partial charge in [0.25, 0.3) is 0 Å². The van der Waals surface area contributed by atoms with Gasteiger partial charge >= 0.3 is 5.97 Å². The van der Waals surface area contributed by atoms with E-state index in [2.05, 4.69) is 62.5 Å². The number of hydrogen-bond donors (Lipinski definition) is 1. The lowest BCUT2D eigenvalue weighted by Crippen LogP contribution is -2.31. The van der Waals surface area contributed by atoms with Crippen LogP contribution in [-0.2, 0) is 10.2 Å². The molecule has 3 atom stereocenters. The number of anilines is 1. The quantitative estimate of drug-likeness (QED) is 0.482. The van der Waals surface area contributed by atoms with Gasteiger partial charge in [-0.15, -0.1) is 0 Å². The number of ether oxygens (including phenoxy) is 1. The first kappa shape index (κ1) is 19.1. The molecule has 1 heterocycles. The Kier molecular flexibility index (Phi) is 4.75. The van der Waals surface area contributed by atoms with Crippen molar-refractivity contribution in [2.75, 3.05) is 12.4 Å². The van der Waals surface area contributed by atoms with Crippen LogP contribution in [0.25, 0.3) is 0 Å². The Morgan fingerprint density at radius 2 is 1.86 bits per heavy atom. The van der Waals surface area contributed by atoms with E-state index in [1.165, 1.54) is 18.2 Å². The molecule has 4 heteroatoms. The van der Waals surface area contributed by atoms with Gasteiger partial charge in [-0.05, 0) is 46.6 Å². The lowest BCUT2D eigenvalue weighted by atomic mass is 9.75. The third kappa shape index (κ3) is 3.12. The van der Waals surface area contributed by atoms with Gasteiger partial charge in [0, 0.05) is 5.92 Å². The summed E-state index contributed by atoms with van der Waals surface area (Å²) in [5, 5.41) is 4.29. The lowest BCUT2D eigenvalue weighted by molar-refractivity contribution is 0.0598. The fraction of sp³-hybridized carbons (Fsp3) is 0.375. The first-order chi connectivity index (χ1) is 13.3. The first-order valence-electron chi connectivity index (χ1n) is 9.75. The molecule has 146 valence electrons. The maximum atomic E-state index is 12.4. The Hall–Kier alpha value is -2.26. The highest BCUT2D eigenvalue weighted by molar-refractivity contribution is 6.33. The van der Waals surface area contributed by atoms with Crippen LogP contribution in [0.2, 0.25) is 5.02 Å². The largest absolute Gasteiger partial charge is 0.465 e. The number of fused-ring (bicyclic) bond motifs is 3. The van der Waals surface area contributed by atoms with Crippen molar-refractivity contribution in [3.63, 3.8) is 0 Å². The molecule has 1 aliphatic carbocycles. The highest BCUT2D eigenvalue weighted by Crippen LogP contribution is 2.52. The molecule has 3 nitrogen and oxygen atoms in total. The number of esters is 1. The van der Waals surface area contributed by atoms with Crippen molar-refractivity contribution in [2.24, 2.45) is 5.92 Å². The number of rotatable bonds is 2. The molecule has 28 heavy (non-hydrogen) atoms. The van der Waals surface area contributed by atoms with Crippen LogP contribution in [0.3, 0.4) is 0 Å². The number of benzene rings is 2. The number of halogens is 1. The van der Waals surface area contributed by atoms with Gasteiger partial charge in [0.1, 0.15) is 0 Å². The van der Waals surface area contributed by atoms with Gasteiger partial charge in [0.05, 0.1) is 29.4 Å². The highest BCUT2D eigenvalue weighted by atomic mass is 35.5. The van der Waals surface area contributed by atoms with Gasteiger partial charge in [-0.3, -0.25) is 0 Å². The van der Waals surface area contributed by atoms with Crippen LogP contribution >= 0.6 is 11.6 Å². The molecule has 0 fully saturated rings. The molecule has 2 aromatic rings. The van der Waals surface area contributed by atoms with Crippen LogP contribution in [-0.4, -0.2) is 13.1 Å². The Balaban J connectivity index is 1.78. The molecule has 2 aromatic carbocycles. The topological polar surface area (TPSA) is 38.3 Å². The van der Waals surface area contributed by atoms with Crippen molar-refractivity contribution in [1.29, 1.82) is 0 Å². The van der Waals surface area contributed by atoms with Crippen molar-refractivity contribution in [3.8, 4) is 0 Å². The van der Waals surface area contributed by atoms with E-state index >= 15 is 0 Å². The molecule has 0 aromatic heterocycles. The molecule has 0 unspecified atom stereocenters. The molecule has 4 rings (SSSR count). The second kappa shape index (κ2) is 6.97. The lowest BCUT2D eigenvalue weighted by Gasteiger charge is -2.39. The minimum absolute atomic E-state index is 0.126. The minimum atomic E-state index is -0.318. The van der Waals surface area contributed by atoms with Crippen molar-refractivity contribution < 1.29 is 9.53 Å². The van der Waals surface area contributed by atoms with Crippen LogP contribution < -0.4 is 5.32 Å². The van der Waals surface area contributed by atoms with Gasteiger partial charge in [-0.2, -0.15) is 0 Å². The molecule has 0 spiro atoms. The average Bonchev–Trinajstić information content (AvgIpc) is 3.16. The van der Waals surface area contributed by atoms with Crippen molar-refractivity contribution in [3.05, 3.63) is 75.8 Å². The number of carbonyl (C=O) groups is 1. The number of methoxy groups -OCH3 is 1. The van der Waals surface area contributed by atoms with Crippen LogP contribution in [0.4, 0.5) is 5.69 Å². The molecule has 1 aliphatic heterocycles. The zero-order valence-corrected chi connectivity index (χ0v) is 17.5. The maximum absolute atomic E-state index is 12.4. The summed E-state index contributed by atoms with van der Waals surface area (Å²) in [6.07, 6.45) is 5.39. The summed E-state index contributed by atoms with van der Waals surface area (Å²) in [6, 6.07) is 12.6. The number of allylic oxidation sites excluding steroid dienone is 2. The summed E-state index contributed by atoms with van der Waals surface area (Å²) >= 11 is 6.55. The predicted molar refractivity (Wildman–Crippen MR) is 114 cm³/mol. The molecule has 2 aliphatic rings. The summed E-state index contributed by atoms with van der Waals surface area (Å²) in [5.41, 5.74) is 5.10. The summed E-state index contributed by atoms with van der Waals surface area (Å²) < 4.78 is 5.01. The van der Waals surface area contributed by atoms with Crippen molar-refractivity contribution >= 4 is 23.3 Å². The van der Waals surface area contributed by atoms with Gasteiger partial charge in [-0.1, -0.05) is 68.8 Å². The molecule has 0 radical (unpaired) electrons. The molecular formula is C24H26ClNO2. The first-order valence-corrected chi connectivity index (χ1v) is 10.1. The standard InChI is InChI=1S/C24H26ClNO2/c1-24(2,3)15-10-8-14(9-11-15)21-17-7-5-6-16(17)20-18(23(27)28-4)12-13-19(25)22(20)26-21/h5-6,8-13,16-17,21,26H,7H2,1-4H3/t16-,17+,21-/m1/s1. The van der Waals surface area contributed by atoms with E-state index in [-0.39, 0.29) is 23.3 Å². The van der Waals surface area contributed by atoms with Gasteiger partial charge in [-0.25, -0.2) is 4.79 Å². The molecule has 0 saturated carbocycles. The third-order valence-electron chi connectivity index (χ3n) is 6.01. The zero-order valence-electron chi connectivity index (χ0n) is 16.8. The van der Waals surface area contributed by atoms with Crippen LogP contribution in [0.5, 0.6) is 0 Å². The van der Waals surface area contributed by atoms with Crippen LogP contribution in [0.1, 0.15) is 66.2 Å². The van der Waals surface area contributed by atoms with E-state index < -0.39 is 0 Å². The van der Waals surface area contributed by atoms with E-state index in [4.69, 9.17) is 16.3 Å². The van der Waals surface area contributed by atoms with Crippen molar-refractivity contribution in [1.82, 2.24) is 0 Å². The second-order valence-corrected chi connectivity index (χ2v) is 9.13. The van der Waals surface area contributed by atoms with Gasteiger partial charge in [0.15, 0.2) is 0 Å². The summed E-state index contributed by atoms with van der Waals surface area (Å²) in [7, 11) is 1.42. The Morgan fingerprint density at radius 3 is 2.50 bits per heavy atom. The average molecular weight is 396 g/mol. The van der Waals surface area contributed by atoms with E-state index in [9.17, 15) is 4.79 Å². The molecule has 1 N–H and O–H groups in total. The minimum Gasteiger partial charge on any atom is -0.465 e. The van der Waals surface area contributed by atoms with E-state index in [1.54, 1.807) is 12.1 Å². The highest BCUT2D eigenvalue weighted by Gasteiger charge is 2.41. The summed E-state index contributed by atoms with van der Waals surface area (Å²) in [4.78, 5) is 12.4. The Bertz CT molecular complexity index is 940. The smallest absolute Gasteiger partial charge is 0.338 e. The van der Waals surface area contributed by atoms with E-state index in [1.807, 2.05) is 0 Å². The normalized spacial score (nSPS) is 23.0. The fourth-order valence-corrected chi connectivity index (χ4v) is 4.70. The zero-order chi connectivity index (χ0) is 20.1. The van der Waals surface area contributed by atoms with E-state index in [0.29, 0.717) is 16.5 Å². The maximum Gasteiger partial charge on any atom is 0.338 e. The third-order valence-corrected chi connectivity index (χ3v) is 6.33. The number of carbonyl (C=O) groups excluding carboxylic acids is 1. The predicted octanol–water partition coefficient (Wildman–Crippen LogP) is 6.25. The van der Waals surface area contributed by atoms with Gasteiger partial charge < -0.3 is 10.1 Å². The fourth-order valence-electron chi connectivity index (χ4n) is 4.48. The number of hydrogen-bond acceptors (Lipinski definition) is 3. The van der Waals surface area contributed by atoms with Crippen LogP contribution in [0.15, 0.2) is 48.6 Å². The SMILES string of the molecule is COC(=O)c1ccc(Cl)c2c1[C@@H]1C=CC[C@@H]1[C@@H](c1ccc(C(C)(C)C)cc1)N2. The monoisotopic (exact) mass is 395 g/mol. The molecular weight excluding hydrogens is 370 g/mol. The molecule has 0 bridgehead atoms. The summed E-state index contributed by atoms with van der Waals surface area (Å²) in [5.74, 6) is 0.174. The van der Waals surface area contributed by atoms with E-state index in [0.717, 1.165) is 17.7 Å². The van der Waals surface area contributed by atoms with Crippen LogP contribution in [0, 0.1) is 5.92 Å². The Morgan fingerprint density at radius 1 is 1.14 bits per heavy atom. The van der Waals surface area contributed by atoms with Crippen molar-refractivity contribution in [2.45, 2.75) is 44.6 Å². The Labute approximate surface area is 171 Å². The molecule has 0 saturated heterocycles. The second-order valence-electron chi connectivity index (χ2n) is 8.72.